The van der Waals surface area contributed by atoms with E-state index in [9.17, 15) is 41.1 Å². The quantitative estimate of drug-likeness (QED) is 0.0349. The van der Waals surface area contributed by atoms with Crippen molar-refractivity contribution in [2.75, 3.05) is 16.4 Å². The van der Waals surface area contributed by atoms with Crippen LogP contribution >= 0.6 is 0 Å². The molecule has 2 aromatic heterocycles. The average Bonchev–Trinajstić information content (AvgIpc) is 3.31. The molecule has 0 aliphatic heterocycles. The number of isocyanates is 1. The second-order valence-electron chi connectivity index (χ2n) is 13.9. The fourth-order valence-electron chi connectivity index (χ4n) is 6.01. The van der Waals surface area contributed by atoms with Gasteiger partial charge in [0.05, 0.1) is 34.8 Å². The predicted molar refractivity (Wildman–Crippen MR) is 239 cm³/mol. The Hall–Kier alpha value is -9.58. The second-order valence-corrected chi connectivity index (χ2v) is 13.9. The Morgan fingerprint density at radius 3 is 1.70 bits per heavy atom. The smallest absolute Gasteiger partial charge is 0.399 e. The minimum atomic E-state index is -4.57. The second kappa shape index (κ2) is 20.7. The van der Waals surface area contributed by atoms with Crippen molar-refractivity contribution >= 4 is 80.1 Å². The van der Waals surface area contributed by atoms with Crippen LogP contribution in [0.25, 0.3) is 31.8 Å². The molecule has 6 aromatic carbocycles. The normalized spacial score (nSPS) is 10.4. The van der Waals surface area contributed by atoms with Crippen LogP contribution < -0.4 is 16.4 Å². The number of aryl methyl sites for hydroxylation is 1. The van der Waals surface area contributed by atoms with Gasteiger partial charge in [-0.2, -0.15) is 18.2 Å². The summed E-state index contributed by atoms with van der Waals surface area (Å²) in [6.45, 7) is 15.9. The standard InChI is InChI=1S/C24H13F4N5O2.C16H9FN4O.C8H7NO/c1-29-21-12-30-19-8-5-13(9-20(19)33-21)22(34)17-7-6-16(11-18(17)25)32-23(35)31-15-4-2-3-14(10-15)24(26,27)28;1-19-15-8-20-13-5-2-9(6-14(13)21-15)16(22)11-4-3-10(18)7-12(11)17;1-7-3-2-4-8(5-7)9-6-10/h2-12H,(H2,31,32,35);2-8H,18H2;2-5H,1H3. The van der Waals surface area contributed by atoms with Crippen molar-refractivity contribution in [1.82, 2.24) is 19.9 Å². The zero-order valence-corrected chi connectivity index (χ0v) is 34.4. The number of nitrogens with two attached hydrogens (primary N) is 1. The van der Waals surface area contributed by atoms with Crippen LogP contribution in [0.1, 0.15) is 43.0 Å². The van der Waals surface area contributed by atoms with Crippen molar-refractivity contribution in [2.24, 2.45) is 4.99 Å². The number of carbonyl (C=O) groups excluding carboxylic acids is 4. The molecule has 4 N–H and O–H groups in total. The number of nitrogens with zero attached hydrogens (tertiary/aromatic N) is 7. The zero-order chi connectivity index (χ0) is 48.3. The van der Waals surface area contributed by atoms with Crippen LogP contribution in [-0.4, -0.2) is 43.6 Å². The van der Waals surface area contributed by atoms with Crippen molar-refractivity contribution in [3.8, 4) is 0 Å². The van der Waals surface area contributed by atoms with Gasteiger partial charge < -0.3 is 26.1 Å². The number of halogens is 5. The average molecular weight is 905 g/mol. The third-order valence-corrected chi connectivity index (χ3v) is 9.15. The summed E-state index contributed by atoms with van der Waals surface area (Å²) < 4.78 is 67.0. The summed E-state index contributed by atoms with van der Waals surface area (Å²) >= 11 is 0. The lowest BCUT2D eigenvalue weighted by Crippen LogP contribution is -2.20. The summed E-state index contributed by atoms with van der Waals surface area (Å²) in [4.78, 5) is 73.3. The van der Waals surface area contributed by atoms with Crippen LogP contribution in [-0.2, 0) is 11.0 Å². The van der Waals surface area contributed by atoms with Gasteiger partial charge in [-0.05, 0) is 103 Å². The molecular formula is C48H29F5N10O4. The number of fused-ring (bicyclic) bond motifs is 2. The molecule has 0 saturated carbocycles. The lowest BCUT2D eigenvalue weighted by Gasteiger charge is -2.11. The first-order valence-electron chi connectivity index (χ1n) is 19.2. The zero-order valence-electron chi connectivity index (χ0n) is 34.4. The highest BCUT2D eigenvalue weighted by Gasteiger charge is 2.30. The molecule has 0 aliphatic carbocycles. The Morgan fingerprint density at radius 2 is 1.19 bits per heavy atom. The molecule has 0 bridgehead atoms. The SMILES string of the molecule is Cc1cccc(N=C=O)c1.[C-]#[N+]c1cnc2ccc(C(=O)c3ccc(N)cc3F)cc2n1.[C-]#[N+]c1cnc2ccc(C(=O)c3ccc(NC(=O)Nc4cccc(C(F)(F)F)c4)cc3F)cc2n1. The van der Waals surface area contributed by atoms with Crippen molar-refractivity contribution in [3.63, 3.8) is 0 Å². The van der Waals surface area contributed by atoms with Gasteiger partial charge in [-0.25, -0.2) is 18.4 Å². The van der Waals surface area contributed by atoms with Gasteiger partial charge in [0.25, 0.3) is 11.6 Å². The van der Waals surface area contributed by atoms with E-state index >= 15 is 0 Å². The molecule has 0 saturated heterocycles. The number of urea groups is 1. The summed E-state index contributed by atoms with van der Waals surface area (Å²) in [5.74, 6) is -2.55. The highest BCUT2D eigenvalue weighted by atomic mass is 19.4. The molecule has 0 radical (unpaired) electrons. The van der Waals surface area contributed by atoms with Crippen LogP contribution in [0.5, 0.6) is 0 Å². The van der Waals surface area contributed by atoms with Crippen LogP contribution in [0.3, 0.4) is 0 Å². The molecule has 8 rings (SSSR count). The third-order valence-electron chi connectivity index (χ3n) is 9.15. The van der Waals surface area contributed by atoms with E-state index in [1.807, 2.05) is 25.1 Å². The van der Waals surface area contributed by atoms with E-state index in [1.54, 1.807) is 18.2 Å². The molecule has 0 unspecified atom stereocenters. The molecule has 2 amide bonds. The van der Waals surface area contributed by atoms with E-state index in [0.29, 0.717) is 27.8 Å². The van der Waals surface area contributed by atoms with E-state index in [0.717, 1.165) is 35.9 Å². The van der Waals surface area contributed by atoms with E-state index in [-0.39, 0.29) is 51.0 Å². The van der Waals surface area contributed by atoms with Crippen LogP contribution in [0, 0.1) is 31.7 Å². The molecule has 330 valence electrons. The van der Waals surface area contributed by atoms with Crippen molar-refractivity contribution in [2.45, 2.75) is 13.1 Å². The topological polar surface area (TPSA) is 191 Å². The van der Waals surface area contributed by atoms with E-state index in [2.05, 4.69) is 45.3 Å². The molecule has 0 aliphatic rings. The summed E-state index contributed by atoms with van der Waals surface area (Å²) in [5, 5.41) is 4.54. The minimum absolute atomic E-state index is 0.0189. The van der Waals surface area contributed by atoms with E-state index < -0.39 is 41.0 Å². The van der Waals surface area contributed by atoms with Gasteiger partial charge in [0.15, 0.2) is 22.6 Å². The molecule has 8 aromatic rings. The maximum Gasteiger partial charge on any atom is 0.416 e. The number of hydrogen-bond acceptors (Lipinski definition) is 10. The number of nitrogens with one attached hydrogen (secondary N) is 2. The van der Waals surface area contributed by atoms with Gasteiger partial charge in [0.1, 0.15) is 22.7 Å². The lowest BCUT2D eigenvalue weighted by atomic mass is 10.0. The summed E-state index contributed by atoms with van der Waals surface area (Å²) in [6.07, 6.45) is -0.432. The highest BCUT2D eigenvalue weighted by Crippen LogP contribution is 2.31. The van der Waals surface area contributed by atoms with Crippen LogP contribution in [0.15, 0.2) is 139 Å². The number of nitrogen functional groups attached to an aromatic ring is 1. The first-order chi connectivity index (χ1) is 32.0. The monoisotopic (exact) mass is 904 g/mol. The number of ketones is 2. The van der Waals surface area contributed by atoms with Gasteiger partial charge in [-0.1, -0.05) is 31.3 Å². The molecule has 0 spiro atoms. The Kier molecular flexibility index (Phi) is 14.5. The predicted octanol–water partition coefficient (Wildman–Crippen LogP) is 11.3. The highest BCUT2D eigenvalue weighted by molar-refractivity contribution is 6.11. The Balaban J connectivity index is 0.000000195. The number of anilines is 3. The number of amides is 2. The first kappa shape index (κ1) is 46.9. The van der Waals surface area contributed by atoms with Gasteiger partial charge in [0.2, 0.25) is 6.08 Å². The molecule has 0 atom stereocenters. The van der Waals surface area contributed by atoms with Crippen molar-refractivity contribution in [3.05, 3.63) is 202 Å². The number of aliphatic imine (C=N–C) groups is 1. The molecule has 0 fully saturated rings. The maximum atomic E-state index is 14.7. The Bertz CT molecular complexity index is 3360. The number of carbonyl (C=O) groups is 3. The first-order valence-corrected chi connectivity index (χ1v) is 19.2. The lowest BCUT2D eigenvalue weighted by molar-refractivity contribution is -0.137. The molecule has 2 heterocycles. The van der Waals surface area contributed by atoms with E-state index in [1.165, 1.54) is 73.1 Å². The van der Waals surface area contributed by atoms with Crippen molar-refractivity contribution in [1.29, 1.82) is 0 Å². The molecule has 14 nitrogen and oxygen atoms in total. The number of alkyl halides is 3. The Labute approximate surface area is 376 Å². The van der Waals surface area contributed by atoms with Gasteiger partial charge in [0, 0.05) is 40.3 Å². The van der Waals surface area contributed by atoms with Crippen LogP contribution in [0.2, 0.25) is 0 Å². The minimum Gasteiger partial charge on any atom is -0.399 e. The van der Waals surface area contributed by atoms with Crippen LogP contribution in [0.4, 0.5) is 61.1 Å². The number of benzene rings is 6. The molecule has 19 heteroatoms. The summed E-state index contributed by atoms with van der Waals surface area (Å²) in [7, 11) is 0. The number of aromatic nitrogens is 4. The number of rotatable bonds is 7. The van der Waals surface area contributed by atoms with E-state index in [4.69, 9.17) is 18.9 Å². The summed E-state index contributed by atoms with van der Waals surface area (Å²) in [5.41, 5.74) is 8.20. The largest absolute Gasteiger partial charge is 0.416 e. The number of hydrogen-bond donors (Lipinski definition) is 3. The van der Waals surface area contributed by atoms with Gasteiger partial charge in [-0.3, -0.25) is 19.6 Å². The maximum absolute atomic E-state index is 14.7. The molecule has 67 heavy (non-hydrogen) atoms. The van der Waals surface area contributed by atoms with Gasteiger partial charge in [-0.15, -0.1) is 9.97 Å². The van der Waals surface area contributed by atoms with Gasteiger partial charge >= 0.3 is 12.2 Å². The Morgan fingerprint density at radius 1 is 0.657 bits per heavy atom. The summed E-state index contributed by atoms with van der Waals surface area (Å²) in [6, 6.07) is 26.8. The van der Waals surface area contributed by atoms with Crippen molar-refractivity contribution < 1.29 is 41.1 Å². The molecular weight excluding hydrogens is 876 g/mol. The third kappa shape index (κ3) is 12.1. The fraction of sp³-hybridized carbons (Fsp3) is 0.0417. The fourth-order valence-corrected chi connectivity index (χ4v) is 6.01.